The van der Waals surface area contributed by atoms with Crippen LogP contribution >= 0.6 is 11.3 Å². The third kappa shape index (κ3) is 3.79. The Bertz CT molecular complexity index is 1620. The molecule has 3 atom stereocenters. The van der Waals surface area contributed by atoms with Crippen LogP contribution in [-0.4, -0.2) is 59.8 Å². The lowest BCUT2D eigenvalue weighted by Gasteiger charge is -2.57. The van der Waals surface area contributed by atoms with Crippen LogP contribution in [0.3, 0.4) is 0 Å². The number of nitrogens with zero attached hydrogens (tertiary/aromatic N) is 3. The van der Waals surface area contributed by atoms with E-state index < -0.39 is 9.84 Å². The second-order valence-corrected chi connectivity index (χ2v) is 16.3. The number of aromatic nitrogens is 2. The number of aromatic amines is 1. The number of rotatable bonds is 5. The number of likely N-dealkylation sites (tertiary alicyclic amines) is 1. The second kappa shape index (κ2) is 8.63. The van der Waals surface area contributed by atoms with Gasteiger partial charge in [-0.25, -0.2) is 18.4 Å². The summed E-state index contributed by atoms with van der Waals surface area (Å²) in [6, 6.07) is 1.26. The molecule has 0 amide bonds. The zero-order valence-electron chi connectivity index (χ0n) is 23.5. The van der Waals surface area contributed by atoms with Gasteiger partial charge in [0, 0.05) is 47.5 Å². The van der Waals surface area contributed by atoms with Crippen molar-refractivity contribution in [3.05, 3.63) is 33.3 Å². The average molecular weight is 568 g/mol. The van der Waals surface area contributed by atoms with Crippen LogP contribution in [-0.2, 0) is 9.84 Å². The fourth-order valence-corrected chi connectivity index (χ4v) is 12.3. The number of aliphatic imine (C=N–C) groups is 1. The van der Waals surface area contributed by atoms with Crippen LogP contribution in [0.2, 0.25) is 0 Å². The van der Waals surface area contributed by atoms with Crippen LogP contribution in [0.25, 0.3) is 21.5 Å². The molecule has 210 valence electrons. The molecular formula is C30H41N5O2S2. The van der Waals surface area contributed by atoms with E-state index in [1.807, 2.05) is 17.5 Å². The van der Waals surface area contributed by atoms with Gasteiger partial charge in [0.2, 0.25) is 0 Å². The summed E-state index contributed by atoms with van der Waals surface area (Å²) < 4.78 is 23.5. The second-order valence-electron chi connectivity index (χ2n) is 13.2. The van der Waals surface area contributed by atoms with Crippen LogP contribution in [0.4, 0.5) is 5.82 Å². The Hall–Kier alpha value is -2.23. The number of sulfone groups is 1. The highest BCUT2D eigenvalue weighted by Crippen LogP contribution is 2.58. The van der Waals surface area contributed by atoms with Gasteiger partial charge in [0.25, 0.3) is 0 Å². The minimum absolute atomic E-state index is 0. The van der Waals surface area contributed by atoms with Crippen molar-refractivity contribution in [2.75, 3.05) is 18.1 Å². The molecule has 2 aliphatic heterocycles. The van der Waals surface area contributed by atoms with Crippen molar-refractivity contribution < 1.29 is 9.84 Å². The smallest absolute Gasteiger partial charge is 0.156 e. The number of H-pyrrole nitrogens is 1. The molecule has 39 heavy (non-hydrogen) atoms. The first-order chi connectivity index (χ1) is 18.5. The van der Waals surface area contributed by atoms with Gasteiger partial charge in [-0.2, -0.15) is 0 Å². The Morgan fingerprint density at radius 2 is 1.92 bits per heavy atom. The van der Waals surface area contributed by atoms with Gasteiger partial charge in [-0.15, -0.1) is 11.3 Å². The number of nitrogens with one attached hydrogen (secondary N) is 1. The molecule has 4 fully saturated rings. The van der Waals surface area contributed by atoms with E-state index in [-0.39, 0.29) is 6.84 Å². The highest BCUT2D eigenvalue weighted by molar-refractivity contribution is 7.92. The summed E-state index contributed by atoms with van der Waals surface area (Å²) in [5, 5.41) is 1.41. The summed E-state index contributed by atoms with van der Waals surface area (Å²) in [4.78, 5) is 18.3. The third-order valence-corrected chi connectivity index (χ3v) is 13.8. The van der Waals surface area contributed by atoms with E-state index in [1.165, 1.54) is 58.3 Å². The first kappa shape index (κ1) is 25.7. The Kier molecular flexibility index (Phi) is 5.69. The van der Waals surface area contributed by atoms with Crippen molar-refractivity contribution in [3.8, 4) is 11.3 Å². The van der Waals surface area contributed by atoms with Crippen LogP contribution in [0.1, 0.15) is 79.9 Å². The molecule has 0 aromatic carbocycles. The van der Waals surface area contributed by atoms with Crippen molar-refractivity contribution in [1.82, 2.24) is 14.9 Å². The molecule has 9 heteroatoms. The zero-order valence-corrected chi connectivity index (χ0v) is 25.2. The first-order valence-corrected chi connectivity index (χ1v) is 17.0. The molecule has 2 saturated heterocycles. The molecule has 3 N–H and O–H groups in total. The van der Waals surface area contributed by atoms with Crippen molar-refractivity contribution in [2.24, 2.45) is 22.1 Å². The fourth-order valence-electron chi connectivity index (χ4n) is 8.59. The molecule has 2 bridgehead atoms. The molecule has 1 spiro atoms. The summed E-state index contributed by atoms with van der Waals surface area (Å²) in [5.41, 5.74) is 13.1. The number of piperidine rings is 1. The average Bonchev–Trinajstić information content (AvgIpc) is 3.59. The van der Waals surface area contributed by atoms with E-state index in [0.717, 1.165) is 24.0 Å². The number of thiophene rings is 1. The van der Waals surface area contributed by atoms with E-state index in [0.29, 0.717) is 47.2 Å². The number of nitrogens with two attached hydrogens (primary N) is 1. The summed E-state index contributed by atoms with van der Waals surface area (Å²) in [5.74, 6) is 3.28. The van der Waals surface area contributed by atoms with Gasteiger partial charge in [0.05, 0.1) is 23.5 Å². The van der Waals surface area contributed by atoms with Gasteiger partial charge in [-0.05, 0) is 86.5 Å². The fraction of sp³-hybridized carbons (Fsp3) is 0.600. The van der Waals surface area contributed by atoms with E-state index in [9.17, 15) is 8.42 Å². The zero-order chi connectivity index (χ0) is 27.4. The van der Waals surface area contributed by atoms with Gasteiger partial charge in [-0.1, -0.05) is 13.8 Å². The largest absolute Gasteiger partial charge is 0.390 e. The molecule has 2 unspecified atom stereocenters. The topological polar surface area (TPSA) is 104 Å². The Labute approximate surface area is 236 Å². The van der Waals surface area contributed by atoms with Gasteiger partial charge in [-0.3, -0.25) is 4.90 Å². The summed E-state index contributed by atoms with van der Waals surface area (Å²) >= 11 is 1.97. The van der Waals surface area contributed by atoms with Gasteiger partial charge >= 0.3 is 0 Å². The maximum atomic E-state index is 11.7. The van der Waals surface area contributed by atoms with Crippen molar-refractivity contribution in [2.45, 2.75) is 84.2 Å². The van der Waals surface area contributed by atoms with E-state index in [1.54, 1.807) is 4.88 Å². The van der Waals surface area contributed by atoms with E-state index in [2.05, 4.69) is 54.5 Å². The van der Waals surface area contributed by atoms with Crippen molar-refractivity contribution in [1.29, 1.82) is 0 Å². The molecule has 2 aliphatic carbocycles. The van der Waals surface area contributed by atoms with Gasteiger partial charge < -0.3 is 10.7 Å². The minimum Gasteiger partial charge on any atom is -0.390 e. The van der Waals surface area contributed by atoms with E-state index >= 15 is 0 Å². The van der Waals surface area contributed by atoms with Crippen LogP contribution in [0.15, 0.2) is 11.2 Å². The maximum Gasteiger partial charge on any atom is 0.156 e. The van der Waals surface area contributed by atoms with Crippen LogP contribution in [0, 0.1) is 32.1 Å². The molecule has 7 rings (SSSR count). The predicted octanol–water partition coefficient (Wildman–Crippen LogP) is 5.96. The molecule has 3 aromatic rings. The lowest BCUT2D eigenvalue weighted by Crippen LogP contribution is -2.63. The number of pyridine rings is 1. The van der Waals surface area contributed by atoms with Crippen molar-refractivity contribution >= 4 is 43.5 Å². The van der Waals surface area contributed by atoms with Gasteiger partial charge in [0.15, 0.2) is 15.7 Å². The maximum absolute atomic E-state index is 11.7. The molecule has 5 heterocycles. The Morgan fingerprint density at radius 3 is 2.54 bits per heavy atom. The van der Waals surface area contributed by atoms with Gasteiger partial charge in [0.1, 0.15) is 4.83 Å². The molecule has 2 saturated carbocycles. The number of aryl methyl sites for hydroxylation is 1. The van der Waals surface area contributed by atoms with Crippen LogP contribution in [0.5, 0.6) is 0 Å². The van der Waals surface area contributed by atoms with Crippen molar-refractivity contribution in [3.63, 3.8) is 0 Å². The molecular weight excluding hydrogens is 526 g/mol. The lowest BCUT2D eigenvalue weighted by atomic mass is 9.66. The number of fused-ring (bicyclic) bond motifs is 3. The standard InChI is InChI=1S/C30H39N5O2S2.H2/c1-15(2)24-25-18(5)27(38-29(25)34-26(24)23-10-32-28(33-14-31)17(4)16(23)3)22-7-20-6-19(22)11-35(20)21-8-30(9-21)12-39(36,37)13-30;/h10,14-15,19-22,34H,6-9,11-13H2,1-5H3,(H2,31,32,33);1H/t19?,20?,22-;/m1./s1. The number of hydrogen-bond donors (Lipinski definition) is 2. The highest BCUT2D eigenvalue weighted by Gasteiger charge is 2.60. The quantitative estimate of drug-likeness (QED) is 0.292. The monoisotopic (exact) mass is 567 g/mol. The third-order valence-electron chi connectivity index (χ3n) is 10.4. The molecule has 0 radical (unpaired) electrons. The molecule has 4 aliphatic rings. The summed E-state index contributed by atoms with van der Waals surface area (Å²) in [6.07, 6.45) is 7.97. The van der Waals surface area contributed by atoms with Crippen LogP contribution < -0.4 is 5.73 Å². The molecule has 7 nitrogen and oxygen atoms in total. The Balaban J connectivity index is 0.00000289. The van der Waals surface area contributed by atoms with E-state index in [4.69, 9.17) is 5.73 Å². The highest BCUT2D eigenvalue weighted by atomic mass is 32.2. The first-order valence-electron chi connectivity index (χ1n) is 14.3. The summed E-state index contributed by atoms with van der Waals surface area (Å²) in [7, 11) is -2.74. The lowest BCUT2D eigenvalue weighted by molar-refractivity contribution is 0.00101. The molecule has 3 aromatic heterocycles. The number of hydrogen-bond acceptors (Lipinski definition) is 6. The SMILES string of the molecule is Cc1c(-c2[nH]c3sc([C@@H]4CC5CC4CN5C4CC5(C4)CS(=O)(=O)C5)c(C)c3c2C(C)C)cnc(N=CN)c1C.[HH]. The minimum atomic E-state index is -2.74. The summed E-state index contributed by atoms with van der Waals surface area (Å²) in [6.45, 7) is 12.3. The predicted molar refractivity (Wildman–Crippen MR) is 162 cm³/mol. The normalized spacial score (nSPS) is 27.8. The Morgan fingerprint density at radius 1 is 1.18 bits per heavy atom.